The first-order valence-electron chi connectivity index (χ1n) is 8.39. The van der Waals surface area contributed by atoms with Crippen LogP contribution < -0.4 is 10.4 Å². The van der Waals surface area contributed by atoms with Gasteiger partial charge in [-0.05, 0) is 24.3 Å². The summed E-state index contributed by atoms with van der Waals surface area (Å²) >= 11 is 0. The smallest absolute Gasteiger partial charge is 0.128 e. The van der Waals surface area contributed by atoms with Gasteiger partial charge in [-0.25, -0.2) is 0 Å². The highest BCUT2D eigenvalue weighted by Gasteiger charge is 2.28. The Morgan fingerprint density at radius 1 is 1.04 bits per heavy atom. The molecular weight excluding hydrogens is 348 g/mol. The number of para-hydroxylation sites is 2. The van der Waals surface area contributed by atoms with E-state index in [4.69, 9.17) is 5.11 Å². The minimum atomic E-state index is -1.63. The van der Waals surface area contributed by atoms with Crippen LogP contribution in [-0.2, 0) is 0 Å². The average Bonchev–Trinajstić information content (AvgIpc) is 2.73. The molecule has 144 valence electrons. The number of nitrogens with zero attached hydrogens (tertiary/aromatic N) is 3. The molecule has 0 heterocycles. The largest absolute Gasteiger partial charge is 0.394 e. The molecule has 0 aliphatic carbocycles. The van der Waals surface area contributed by atoms with E-state index < -0.39 is 24.9 Å². The zero-order valence-electron chi connectivity index (χ0n) is 14.9. The van der Waals surface area contributed by atoms with Crippen LogP contribution in [0, 0.1) is 0 Å². The third-order valence-electron chi connectivity index (χ3n) is 3.79. The second kappa shape index (κ2) is 10.4. The van der Waals surface area contributed by atoms with E-state index in [0.717, 1.165) is 5.69 Å². The van der Waals surface area contributed by atoms with Gasteiger partial charge in [0.2, 0.25) is 0 Å². The number of nitrogens with one attached hydrogen (secondary N) is 1. The molecule has 0 saturated carbocycles. The van der Waals surface area contributed by atoms with Gasteiger partial charge in [-0.15, -0.1) is 0 Å². The summed E-state index contributed by atoms with van der Waals surface area (Å²) in [6, 6.07) is 18.4. The molecule has 2 rings (SSSR count). The molecule has 8 heteroatoms. The Balaban J connectivity index is 2.21. The van der Waals surface area contributed by atoms with Crippen LogP contribution >= 0.6 is 0 Å². The number of anilines is 2. The van der Waals surface area contributed by atoms with Crippen molar-refractivity contribution in [2.24, 2.45) is 10.2 Å². The molecular formula is C19H24N4O4. The molecule has 8 nitrogen and oxygen atoms in total. The monoisotopic (exact) mass is 372 g/mol. The fraction of sp³-hybridized carbons (Fsp3) is 0.263. The van der Waals surface area contributed by atoms with Crippen molar-refractivity contribution >= 4 is 23.3 Å². The summed E-state index contributed by atoms with van der Waals surface area (Å²) in [5.74, 6) is 0. The third-order valence-corrected chi connectivity index (χ3v) is 3.79. The van der Waals surface area contributed by atoms with Crippen molar-refractivity contribution < 1.29 is 20.4 Å². The van der Waals surface area contributed by atoms with Gasteiger partial charge < -0.3 is 20.4 Å². The van der Waals surface area contributed by atoms with Crippen LogP contribution in [0.25, 0.3) is 0 Å². The Hall–Kier alpha value is -2.78. The number of rotatable bonds is 9. The van der Waals surface area contributed by atoms with Crippen LogP contribution in [0.4, 0.5) is 11.4 Å². The lowest BCUT2D eigenvalue weighted by Gasteiger charge is -2.21. The predicted molar refractivity (Wildman–Crippen MR) is 106 cm³/mol. The van der Waals surface area contributed by atoms with Gasteiger partial charge in [0.25, 0.3) is 0 Å². The standard InChI is InChI=1S/C19H24N4O4/c1-23(15-10-6-3-7-11-15)20-12-16(18(26)19(27)17(25)13-24)22-21-14-8-4-2-5-9-14/h2-12,17-19,21,24-27H,13H2,1H3/b20-12-,22-16-/t17-,18-,19-/m0/s1. The van der Waals surface area contributed by atoms with E-state index in [1.165, 1.54) is 6.21 Å². The molecule has 0 bridgehead atoms. The summed E-state index contributed by atoms with van der Waals surface area (Å²) in [7, 11) is 1.72. The van der Waals surface area contributed by atoms with E-state index in [2.05, 4.69) is 15.6 Å². The molecule has 5 N–H and O–H groups in total. The second-order valence-electron chi connectivity index (χ2n) is 5.80. The maximum atomic E-state index is 10.3. The normalized spacial score (nSPS) is 15.4. The minimum absolute atomic E-state index is 0.0124. The van der Waals surface area contributed by atoms with Gasteiger partial charge in [0.1, 0.15) is 24.0 Å². The zero-order chi connectivity index (χ0) is 19.6. The molecule has 0 aromatic heterocycles. The molecule has 0 aliphatic heterocycles. The van der Waals surface area contributed by atoms with Crippen molar-refractivity contribution in [3.05, 3.63) is 60.7 Å². The van der Waals surface area contributed by atoms with Crippen molar-refractivity contribution in [2.75, 3.05) is 24.1 Å². The van der Waals surface area contributed by atoms with Crippen LogP contribution in [-0.4, -0.2) is 64.3 Å². The van der Waals surface area contributed by atoms with Crippen LogP contribution in [0.15, 0.2) is 70.9 Å². The average molecular weight is 372 g/mol. The Bertz CT molecular complexity index is 740. The van der Waals surface area contributed by atoms with Crippen molar-refractivity contribution in [2.45, 2.75) is 18.3 Å². The highest BCUT2D eigenvalue weighted by atomic mass is 16.4. The second-order valence-corrected chi connectivity index (χ2v) is 5.80. The highest BCUT2D eigenvalue weighted by Crippen LogP contribution is 2.11. The van der Waals surface area contributed by atoms with Crippen molar-refractivity contribution in [1.82, 2.24) is 0 Å². The van der Waals surface area contributed by atoms with E-state index in [1.54, 1.807) is 24.2 Å². The summed E-state index contributed by atoms with van der Waals surface area (Å²) in [6.45, 7) is -0.696. The molecule has 0 spiro atoms. The summed E-state index contributed by atoms with van der Waals surface area (Å²) in [4.78, 5) is 0. The zero-order valence-corrected chi connectivity index (χ0v) is 14.9. The Morgan fingerprint density at radius 2 is 1.63 bits per heavy atom. The number of hydrogen-bond donors (Lipinski definition) is 5. The number of hydrazone groups is 2. The summed E-state index contributed by atoms with van der Waals surface area (Å²) in [5.41, 5.74) is 4.24. The highest BCUT2D eigenvalue weighted by molar-refractivity contribution is 6.33. The molecule has 0 fully saturated rings. The van der Waals surface area contributed by atoms with Crippen molar-refractivity contribution in [3.8, 4) is 0 Å². The molecule has 0 saturated heterocycles. The first kappa shape index (κ1) is 20.5. The first-order valence-corrected chi connectivity index (χ1v) is 8.39. The number of hydrogen-bond acceptors (Lipinski definition) is 8. The van der Waals surface area contributed by atoms with E-state index in [1.807, 2.05) is 48.5 Å². The maximum Gasteiger partial charge on any atom is 0.128 e. The van der Waals surface area contributed by atoms with Gasteiger partial charge in [-0.2, -0.15) is 10.2 Å². The van der Waals surface area contributed by atoms with Gasteiger partial charge in [-0.3, -0.25) is 10.4 Å². The lowest BCUT2D eigenvalue weighted by Crippen LogP contribution is -2.44. The third kappa shape index (κ3) is 6.15. The Labute approximate surface area is 157 Å². The molecule has 0 amide bonds. The lowest BCUT2D eigenvalue weighted by atomic mass is 10.0. The van der Waals surface area contributed by atoms with E-state index in [9.17, 15) is 15.3 Å². The Kier molecular flexibility index (Phi) is 7.90. The van der Waals surface area contributed by atoms with E-state index in [-0.39, 0.29) is 5.71 Å². The van der Waals surface area contributed by atoms with Gasteiger partial charge >= 0.3 is 0 Å². The van der Waals surface area contributed by atoms with Gasteiger partial charge in [0.15, 0.2) is 0 Å². The van der Waals surface area contributed by atoms with Crippen LogP contribution in [0.1, 0.15) is 0 Å². The van der Waals surface area contributed by atoms with E-state index >= 15 is 0 Å². The molecule has 0 unspecified atom stereocenters. The summed E-state index contributed by atoms with van der Waals surface area (Å²) in [6.07, 6.45) is -3.42. The SMILES string of the molecule is CN(/N=C\C(=N\Nc1ccccc1)[C@H](O)[C@@H](O)[C@@H](O)CO)c1ccccc1. The van der Waals surface area contributed by atoms with Crippen LogP contribution in [0.5, 0.6) is 0 Å². The van der Waals surface area contributed by atoms with Gasteiger partial charge in [0.05, 0.1) is 24.2 Å². The number of benzene rings is 2. The molecule has 2 aromatic carbocycles. The molecule has 2 aromatic rings. The maximum absolute atomic E-state index is 10.3. The van der Waals surface area contributed by atoms with Crippen LogP contribution in [0.2, 0.25) is 0 Å². The topological polar surface area (TPSA) is 121 Å². The predicted octanol–water partition coefficient (Wildman–Crippen LogP) is 0.652. The molecule has 3 atom stereocenters. The fourth-order valence-electron chi connectivity index (χ4n) is 2.16. The minimum Gasteiger partial charge on any atom is -0.394 e. The van der Waals surface area contributed by atoms with Crippen molar-refractivity contribution in [3.63, 3.8) is 0 Å². The first-order chi connectivity index (χ1) is 13.0. The molecule has 27 heavy (non-hydrogen) atoms. The summed E-state index contributed by atoms with van der Waals surface area (Å²) < 4.78 is 0. The quantitative estimate of drug-likeness (QED) is 0.326. The lowest BCUT2D eigenvalue weighted by molar-refractivity contribution is -0.0548. The van der Waals surface area contributed by atoms with Gasteiger partial charge in [0, 0.05) is 7.05 Å². The summed E-state index contributed by atoms with van der Waals surface area (Å²) in [5, 5.41) is 48.8. The molecule has 0 radical (unpaired) electrons. The van der Waals surface area contributed by atoms with Crippen LogP contribution in [0.3, 0.4) is 0 Å². The number of aliphatic hydroxyl groups is 4. The fourth-order valence-corrected chi connectivity index (χ4v) is 2.16. The van der Waals surface area contributed by atoms with Gasteiger partial charge in [-0.1, -0.05) is 36.4 Å². The van der Waals surface area contributed by atoms with Crippen molar-refractivity contribution in [1.29, 1.82) is 0 Å². The van der Waals surface area contributed by atoms with E-state index in [0.29, 0.717) is 5.69 Å². The molecule has 0 aliphatic rings. The Morgan fingerprint density at radius 3 is 2.22 bits per heavy atom. The number of aliphatic hydroxyl groups excluding tert-OH is 4.